The minimum atomic E-state index is -1.38. The van der Waals surface area contributed by atoms with Crippen LogP contribution in [0.2, 0.25) is 10.0 Å². The lowest BCUT2D eigenvalue weighted by molar-refractivity contribution is -0.142. The lowest BCUT2D eigenvalue weighted by atomic mass is 9.91. The Morgan fingerprint density at radius 3 is 2.48 bits per heavy atom. The largest absolute Gasteiger partial charge is 0.479 e. The summed E-state index contributed by atoms with van der Waals surface area (Å²) in [4.78, 5) is 11.8. The predicted molar refractivity (Wildman–Crippen MR) is 86.3 cm³/mol. The van der Waals surface area contributed by atoms with E-state index in [4.69, 9.17) is 23.2 Å². The molecule has 1 atom stereocenters. The molecule has 2 aromatic rings. The molecule has 110 valence electrons. The molecule has 21 heavy (non-hydrogen) atoms. The van der Waals surface area contributed by atoms with Gasteiger partial charge in [0.2, 0.25) is 0 Å². The maximum atomic E-state index is 11.8. The van der Waals surface area contributed by atoms with Gasteiger partial charge in [-0.15, -0.1) is 0 Å². The van der Waals surface area contributed by atoms with Gasteiger partial charge in [0.1, 0.15) is 0 Å². The van der Waals surface area contributed by atoms with Crippen LogP contribution in [-0.4, -0.2) is 11.1 Å². The molecule has 0 aliphatic heterocycles. The van der Waals surface area contributed by atoms with Gasteiger partial charge in [-0.25, -0.2) is 4.79 Å². The average Bonchev–Trinajstić information content (AvgIpc) is 2.43. The van der Waals surface area contributed by atoms with Gasteiger partial charge in [-0.05, 0) is 43.7 Å². The monoisotopic (exact) mass is 323 g/mol. The number of hydrogen-bond donors (Lipinski definition) is 2. The lowest BCUT2D eigenvalue weighted by Gasteiger charge is -2.29. The van der Waals surface area contributed by atoms with Crippen molar-refractivity contribution < 1.29 is 9.90 Å². The van der Waals surface area contributed by atoms with Crippen LogP contribution < -0.4 is 5.32 Å². The molecule has 0 heterocycles. The highest BCUT2D eigenvalue weighted by atomic mass is 35.5. The van der Waals surface area contributed by atoms with E-state index in [1.54, 1.807) is 25.1 Å². The Kier molecular flexibility index (Phi) is 4.45. The Bertz CT molecular complexity index is 688. The third-order valence-corrected chi connectivity index (χ3v) is 3.99. The molecule has 0 saturated heterocycles. The summed E-state index contributed by atoms with van der Waals surface area (Å²) in [7, 11) is 0. The number of benzene rings is 2. The molecule has 2 N–H and O–H groups in total. The summed E-state index contributed by atoms with van der Waals surface area (Å²) in [6.45, 7) is 3.48. The van der Waals surface area contributed by atoms with Gasteiger partial charge < -0.3 is 10.4 Å². The first-order chi connectivity index (χ1) is 9.84. The molecule has 5 heteroatoms. The van der Waals surface area contributed by atoms with Crippen molar-refractivity contribution in [3.63, 3.8) is 0 Å². The fourth-order valence-corrected chi connectivity index (χ4v) is 2.58. The molecule has 1 unspecified atom stereocenters. The molecule has 0 aliphatic carbocycles. The van der Waals surface area contributed by atoms with Gasteiger partial charge in [-0.2, -0.15) is 0 Å². The summed E-state index contributed by atoms with van der Waals surface area (Å²) in [6, 6.07) is 12.3. The smallest absolute Gasteiger partial charge is 0.333 e. The average molecular weight is 324 g/mol. The molecule has 0 fully saturated rings. The number of carboxylic acids is 1. The van der Waals surface area contributed by atoms with Crippen LogP contribution in [0.3, 0.4) is 0 Å². The van der Waals surface area contributed by atoms with Crippen molar-refractivity contribution in [1.29, 1.82) is 0 Å². The number of halogens is 2. The van der Waals surface area contributed by atoms with Crippen LogP contribution >= 0.6 is 23.2 Å². The van der Waals surface area contributed by atoms with E-state index in [0.717, 1.165) is 11.3 Å². The third-order valence-electron chi connectivity index (χ3n) is 3.42. The van der Waals surface area contributed by atoms with Crippen LogP contribution in [0, 0.1) is 6.92 Å². The van der Waals surface area contributed by atoms with E-state index in [2.05, 4.69) is 5.32 Å². The lowest BCUT2D eigenvalue weighted by Crippen LogP contribution is -2.41. The zero-order valence-corrected chi connectivity index (χ0v) is 13.2. The number of carbonyl (C=O) groups is 1. The second-order valence-corrected chi connectivity index (χ2v) is 5.84. The van der Waals surface area contributed by atoms with Crippen molar-refractivity contribution in [2.75, 3.05) is 5.32 Å². The van der Waals surface area contributed by atoms with Gasteiger partial charge in [-0.1, -0.05) is 41.4 Å². The van der Waals surface area contributed by atoms with E-state index >= 15 is 0 Å². The molecule has 0 bridgehead atoms. The molecule has 3 nitrogen and oxygen atoms in total. The number of nitrogens with one attached hydrogen (secondary N) is 1. The van der Waals surface area contributed by atoms with E-state index < -0.39 is 11.5 Å². The number of para-hydroxylation sites is 1. The minimum absolute atomic E-state index is 0.352. The summed E-state index contributed by atoms with van der Waals surface area (Å²) in [5.74, 6) is -1.03. The van der Waals surface area contributed by atoms with Crippen molar-refractivity contribution >= 4 is 34.9 Å². The Hall–Kier alpha value is -1.71. The molecule has 0 aromatic heterocycles. The summed E-state index contributed by atoms with van der Waals surface area (Å²) in [5.41, 5.74) is 0.725. The Morgan fingerprint density at radius 2 is 1.86 bits per heavy atom. The number of aliphatic carboxylic acids is 1. The molecular weight excluding hydrogens is 309 g/mol. The van der Waals surface area contributed by atoms with E-state index in [1.165, 1.54) is 0 Å². The van der Waals surface area contributed by atoms with E-state index in [9.17, 15) is 9.90 Å². The standard InChI is InChI=1S/C16H15Cl2NO2/c1-10-5-3-4-6-14(10)19-16(2,15(20)21)12-9-11(17)7-8-13(12)18/h3-9,19H,1-2H3,(H,20,21). The van der Waals surface area contributed by atoms with Crippen LogP contribution in [-0.2, 0) is 10.3 Å². The minimum Gasteiger partial charge on any atom is -0.479 e. The van der Waals surface area contributed by atoms with Crippen LogP contribution in [0.4, 0.5) is 5.69 Å². The number of rotatable bonds is 4. The van der Waals surface area contributed by atoms with E-state index in [-0.39, 0.29) is 0 Å². The van der Waals surface area contributed by atoms with Crippen molar-refractivity contribution in [3.05, 3.63) is 63.6 Å². The molecule has 0 aliphatic rings. The second kappa shape index (κ2) is 5.96. The predicted octanol–water partition coefficient (Wildman–Crippen LogP) is 4.71. The van der Waals surface area contributed by atoms with E-state index in [1.807, 2.05) is 31.2 Å². The third kappa shape index (κ3) is 3.14. The van der Waals surface area contributed by atoms with Crippen molar-refractivity contribution in [3.8, 4) is 0 Å². The molecular formula is C16H15Cl2NO2. The number of carboxylic acid groups (broad SMARTS) is 1. The Labute approximate surface area is 133 Å². The molecule has 0 spiro atoms. The summed E-state index contributed by atoms with van der Waals surface area (Å²) >= 11 is 12.2. The van der Waals surface area contributed by atoms with Gasteiger partial charge >= 0.3 is 5.97 Å². The topological polar surface area (TPSA) is 49.3 Å². The fraction of sp³-hybridized carbons (Fsp3) is 0.188. The van der Waals surface area contributed by atoms with Crippen molar-refractivity contribution in [2.24, 2.45) is 0 Å². The van der Waals surface area contributed by atoms with Gasteiger partial charge in [0.05, 0.1) is 0 Å². The number of hydrogen-bond acceptors (Lipinski definition) is 2. The van der Waals surface area contributed by atoms with Gasteiger partial charge in [0.15, 0.2) is 5.54 Å². The van der Waals surface area contributed by atoms with Crippen molar-refractivity contribution in [2.45, 2.75) is 19.4 Å². The molecule has 0 amide bonds. The highest BCUT2D eigenvalue weighted by molar-refractivity contribution is 6.34. The van der Waals surface area contributed by atoms with Gasteiger partial charge in [0, 0.05) is 21.3 Å². The highest BCUT2D eigenvalue weighted by Crippen LogP contribution is 2.34. The molecule has 2 aromatic carbocycles. The zero-order chi connectivity index (χ0) is 15.6. The number of anilines is 1. The zero-order valence-electron chi connectivity index (χ0n) is 11.7. The van der Waals surface area contributed by atoms with E-state index in [0.29, 0.717) is 15.6 Å². The summed E-state index contributed by atoms with van der Waals surface area (Å²) in [6.07, 6.45) is 0. The van der Waals surface area contributed by atoms with Gasteiger partial charge in [0.25, 0.3) is 0 Å². The maximum Gasteiger partial charge on any atom is 0.333 e. The summed E-state index contributed by atoms with van der Waals surface area (Å²) < 4.78 is 0. The van der Waals surface area contributed by atoms with Crippen LogP contribution in [0.15, 0.2) is 42.5 Å². The normalized spacial score (nSPS) is 13.5. The van der Waals surface area contributed by atoms with Crippen LogP contribution in [0.25, 0.3) is 0 Å². The quantitative estimate of drug-likeness (QED) is 0.856. The maximum absolute atomic E-state index is 11.8. The Morgan fingerprint density at radius 1 is 1.19 bits per heavy atom. The first-order valence-corrected chi connectivity index (χ1v) is 7.13. The van der Waals surface area contributed by atoms with Crippen LogP contribution in [0.5, 0.6) is 0 Å². The first-order valence-electron chi connectivity index (χ1n) is 6.37. The highest BCUT2D eigenvalue weighted by Gasteiger charge is 2.37. The SMILES string of the molecule is Cc1ccccc1NC(C)(C(=O)O)c1cc(Cl)ccc1Cl. The van der Waals surface area contributed by atoms with Crippen molar-refractivity contribution in [1.82, 2.24) is 0 Å². The molecule has 0 radical (unpaired) electrons. The first kappa shape index (κ1) is 15.7. The fourth-order valence-electron chi connectivity index (χ4n) is 2.10. The Balaban J connectivity index is 2.53. The second-order valence-electron chi connectivity index (χ2n) is 4.99. The number of aryl methyl sites for hydroxylation is 1. The van der Waals surface area contributed by atoms with Crippen LogP contribution in [0.1, 0.15) is 18.1 Å². The molecule has 0 saturated carbocycles. The molecule has 2 rings (SSSR count). The van der Waals surface area contributed by atoms with Gasteiger partial charge in [-0.3, -0.25) is 0 Å². The summed E-state index contributed by atoms with van der Waals surface area (Å²) in [5, 5.41) is 13.5.